The molecule has 2 aromatic carbocycles. The minimum absolute atomic E-state index is 0.174. The Morgan fingerprint density at radius 2 is 1.00 bits per heavy atom. The van der Waals surface area contributed by atoms with Crippen LogP contribution in [0.25, 0.3) is 0 Å². The van der Waals surface area contributed by atoms with Crippen molar-refractivity contribution in [3.05, 3.63) is 36.4 Å². The summed E-state index contributed by atoms with van der Waals surface area (Å²) in [6, 6.07) is 10.3. The zero-order valence-electron chi connectivity index (χ0n) is 17.6. The number of carbonyl (C=O) groups excluding carboxylic acids is 2. The molecule has 9 nitrogen and oxygen atoms in total. The first-order valence-corrected chi connectivity index (χ1v) is 9.93. The normalized spacial score (nSPS) is 14.5. The lowest BCUT2D eigenvalue weighted by Gasteiger charge is -2.15. The van der Waals surface area contributed by atoms with Gasteiger partial charge in [0.2, 0.25) is 11.8 Å². The highest BCUT2D eigenvalue weighted by molar-refractivity contribution is 5.89. The maximum Gasteiger partial charge on any atom is 0.221 e. The first kappa shape index (κ1) is 22.2. The van der Waals surface area contributed by atoms with Gasteiger partial charge < -0.3 is 34.3 Å². The predicted octanol–water partition coefficient (Wildman–Crippen LogP) is 2.85. The van der Waals surface area contributed by atoms with Crippen LogP contribution in [0.15, 0.2) is 36.4 Å². The SMILES string of the molecule is CC(=O)Nc1ccc2c(c1)OCCOCCOc1ccc(NC(C)=O)cc1OCCO2. The molecule has 1 heterocycles. The van der Waals surface area contributed by atoms with E-state index in [1.807, 2.05) is 0 Å². The summed E-state index contributed by atoms with van der Waals surface area (Å²) in [5.74, 6) is 1.70. The van der Waals surface area contributed by atoms with E-state index >= 15 is 0 Å². The van der Waals surface area contributed by atoms with Gasteiger partial charge in [0.05, 0.1) is 13.2 Å². The largest absolute Gasteiger partial charge is 0.487 e. The molecule has 166 valence electrons. The number of hydrogen-bond donors (Lipinski definition) is 2. The highest BCUT2D eigenvalue weighted by Crippen LogP contribution is 2.32. The fraction of sp³-hybridized carbons (Fsp3) is 0.364. The molecular formula is C22H26N2O7. The number of carbonyl (C=O) groups is 2. The number of benzene rings is 2. The van der Waals surface area contributed by atoms with Crippen LogP contribution in [0.3, 0.4) is 0 Å². The van der Waals surface area contributed by atoms with Gasteiger partial charge in [-0.3, -0.25) is 9.59 Å². The molecule has 0 saturated carbocycles. The molecule has 0 aliphatic carbocycles. The third-order valence-electron chi connectivity index (χ3n) is 4.10. The molecule has 2 amide bonds. The lowest BCUT2D eigenvalue weighted by atomic mass is 10.2. The van der Waals surface area contributed by atoms with E-state index in [9.17, 15) is 9.59 Å². The van der Waals surface area contributed by atoms with Crippen molar-refractivity contribution in [3.8, 4) is 23.0 Å². The van der Waals surface area contributed by atoms with Crippen molar-refractivity contribution in [2.45, 2.75) is 13.8 Å². The van der Waals surface area contributed by atoms with Crippen molar-refractivity contribution in [1.82, 2.24) is 0 Å². The molecule has 0 spiro atoms. The standard InChI is InChI=1S/C22H26N2O7/c1-15(25)23-17-4-6-20-21(13-17)30-10-8-27-7-9-28-19-5-3-18(24-16(2)26)14-22(19)31-12-11-29-20/h3-6,13-14H,7-12H2,1-2H3,(H,23,25)(H,24,26). The van der Waals surface area contributed by atoms with E-state index in [0.717, 1.165) is 0 Å². The zero-order valence-corrected chi connectivity index (χ0v) is 17.6. The summed E-state index contributed by atoms with van der Waals surface area (Å²) in [6.07, 6.45) is 0. The van der Waals surface area contributed by atoms with E-state index in [1.54, 1.807) is 36.4 Å². The van der Waals surface area contributed by atoms with Crippen LogP contribution in [0.4, 0.5) is 11.4 Å². The highest BCUT2D eigenvalue weighted by atomic mass is 16.6. The second kappa shape index (κ2) is 11.1. The van der Waals surface area contributed by atoms with E-state index in [-0.39, 0.29) is 25.0 Å². The maximum atomic E-state index is 11.3. The number of nitrogens with one attached hydrogen (secondary N) is 2. The first-order chi connectivity index (χ1) is 15.0. The third kappa shape index (κ3) is 7.07. The van der Waals surface area contributed by atoms with Crippen LogP contribution in [0.2, 0.25) is 0 Å². The molecule has 1 aliphatic heterocycles. The molecule has 0 aromatic heterocycles. The third-order valence-corrected chi connectivity index (χ3v) is 4.10. The Morgan fingerprint density at radius 3 is 1.42 bits per heavy atom. The van der Waals surface area contributed by atoms with Crippen LogP contribution in [-0.4, -0.2) is 51.5 Å². The van der Waals surface area contributed by atoms with E-state index in [4.69, 9.17) is 23.7 Å². The molecule has 0 atom stereocenters. The van der Waals surface area contributed by atoms with Gasteiger partial charge in [0.25, 0.3) is 0 Å². The van der Waals surface area contributed by atoms with Gasteiger partial charge in [0, 0.05) is 37.4 Å². The number of hydrogen-bond acceptors (Lipinski definition) is 7. The first-order valence-electron chi connectivity index (χ1n) is 9.93. The molecule has 0 bridgehead atoms. The van der Waals surface area contributed by atoms with Gasteiger partial charge >= 0.3 is 0 Å². The Bertz CT molecular complexity index is 917. The predicted molar refractivity (Wildman–Crippen MR) is 114 cm³/mol. The second-order valence-electron chi connectivity index (χ2n) is 6.69. The highest BCUT2D eigenvalue weighted by Gasteiger charge is 2.11. The van der Waals surface area contributed by atoms with Crippen molar-refractivity contribution in [2.75, 3.05) is 50.3 Å². The van der Waals surface area contributed by atoms with Crippen LogP contribution < -0.4 is 29.6 Å². The quantitative estimate of drug-likeness (QED) is 0.755. The molecular weight excluding hydrogens is 404 g/mol. The summed E-state index contributed by atoms with van der Waals surface area (Å²) in [4.78, 5) is 22.7. The maximum absolute atomic E-state index is 11.3. The minimum Gasteiger partial charge on any atom is -0.487 e. The number of rotatable bonds is 2. The summed E-state index contributed by atoms with van der Waals surface area (Å²) in [6.45, 7) is 4.73. The van der Waals surface area contributed by atoms with Crippen LogP contribution in [0.5, 0.6) is 23.0 Å². The molecule has 31 heavy (non-hydrogen) atoms. The fourth-order valence-electron chi connectivity index (χ4n) is 2.87. The number of anilines is 2. The van der Waals surface area contributed by atoms with Crippen LogP contribution in [-0.2, 0) is 14.3 Å². The van der Waals surface area contributed by atoms with Crippen LogP contribution >= 0.6 is 0 Å². The van der Waals surface area contributed by atoms with Gasteiger partial charge in [-0.15, -0.1) is 0 Å². The van der Waals surface area contributed by atoms with Gasteiger partial charge in [-0.05, 0) is 24.3 Å². The molecule has 0 saturated heterocycles. The average molecular weight is 430 g/mol. The second-order valence-corrected chi connectivity index (χ2v) is 6.69. The van der Waals surface area contributed by atoms with Crippen molar-refractivity contribution in [2.24, 2.45) is 0 Å². The Balaban J connectivity index is 1.74. The molecule has 3 rings (SSSR count). The number of amides is 2. The van der Waals surface area contributed by atoms with E-state index in [2.05, 4.69) is 10.6 Å². The molecule has 1 aliphatic rings. The van der Waals surface area contributed by atoms with E-state index in [0.29, 0.717) is 60.8 Å². The fourth-order valence-corrected chi connectivity index (χ4v) is 2.87. The summed E-state index contributed by atoms with van der Waals surface area (Å²) in [7, 11) is 0. The minimum atomic E-state index is -0.176. The van der Waals surface area contributed by atoms with Crippen LogP contribution in [0, 0.1) is 0 Å². The average Bonchev–Trinajstić information content (AvgIpc) is 2.72. The van der Waals surface area contributed by atoms with Crippen molar-refractivity contribution < 1.29 is 33.3 Å². The van der Waals surface area contributed by atoms with Gasteiger partial charge in [0.1, 0.15) is 26.4 Å². The summed E-state index contributed by atoms with van der Waals surface area (Å²) in [5, 5.41) is 5.44. The van der Waals surface area contributed by atoms with Gasteiger partial charge in [0.15, 0.2) is 23.0 Å². The number of ether oxygens (including phenoxy) is 5. The van der Waals surface area contributed by atoms with Crippen molar-refractivity contribution >= 4 is 23.2 Å². The smallest absolute Gasteiger partial charge is 0.221 e. The van der Waals surface area contributed by atoms with Gasteiger partial charge in [-0.2, -0.15) is 0 Å². The Morgan fingerprint density at radius 1 is 0.613 bits per heavy atom. The molecule has 0 fully saturated rings. The Kier molecular flexibility index (Phi) is 7.94. The molecule has 0 radical (unpaired) electrons. The molecule has 2 N–H and O–H groups in total. The Hall–Kier alpha value is -3.46. The van der Waals surface area contributed by atoms with E-state index in [1.165, 1.54) is 13.8 Å². The molecule has 0 unspecified atom stereocenters. The lowest BCUT2D eigenvalue weighted by Crippen LogP contribution is -2.13. The van der Waals surface area contributed by atoms with Crippen molar-refractivity contribution in [1.29, 1.82) is 0 Å². The van der Waals surface area contributed by atoms with Gasteiger partial charge in [-0.25, -0.2) is 0 Å². The summed E-state index contributed by atoms with van der Waals surface area (Å²) < 4.78 is 28.7. The topological polar surface area (TPSA) is 104 Å². The van der Waals surface area contributed by atoms with Crippen LogP contribution in [0.1, 0.15) is 13.8 Å². The molecule has 9 heteroatoms. The monoisotopic (exact) mass is 430 g/mol. The molecule has 2 aromatic rings. The Labute approximate surface area is 180 Å². The summed E-state index contributed by atoms with van der Waals surface area (Å²) >= 11 is 0. The van der Waals surface area contributed by atoms with Gasteiger partial charge in [-0.1, -0.05) is 0 Å². The van der Waals surface area contributed by atoms with Crippen molar-refractivity contribution in [3.63, 3.8) is 0 Å². The van der Waals surface area contributed by atoms with E-state index < -0.39 is 0 Å². The lowest BCUT2D eigenvalue weighted by molar-refractivity contribution is -0.115. The number of fused-ring (bicyclic) bond motifs is 2. The zero-order chi connectivity index (χ0) is 22.1. The summed E-state index contributed by atoms with van der Waals surface area (Å²) in [5.41, 5.74) is 1.21.